The second kappa shape index (κ2) is 5.18. The summed E-state index contributed by atoms with van der Waals surface area (Å²) in [5.41, 5.74) is 0. The lowest BCUT2D eigenvalue weighted by Gasteiger charge is -2.24. The van der Waals surface area contributed by atoms with Gasteiger partial charge in [-0.2, -0.15) is 0 Å². The lowest BCUT2D eigenvalue weighted by Crippen LogP contribution is -2.37. The number of hydrogen-bond donors (Lipinski definition) is 1. The van der Waals surface area contributed by atoms with Crippen LogP contribution in [-0.4, -0.2) is 42.9 Å². The van der Waals surface area contributed by atoms with Crippen LogP contribution in [0.5, 0.6) is 0 Å². The third-order valence-electron chi connectivity index (χ3n) is 3.27. The minimum Gasteiger partial charge on any atom is -0.361 e. The van der Waals surface area contributed by atoms with Crippen LogP contribution in [0.15, 0.2) is 4.99 Å². The molecule has 0 aliphatic carbocycles. The van der Waals surface area contributed by atoms with Gasteiger partial charge in [-0.15, -0.1) is 0 Å². The molecule has 2 atom stereocenters. The molecular weight excluding hydrogens is 256 g/mol. The first kappa shape index (κ1) is 13.2. The minimum absolute atomic E-state index is 0.0668. The van der Waals surface area contributed by atoms with Crippen molar-refractivity contribution in [1.82, 2.24) is 5.32 Å². The second-order valence-corrected chi connectivity index (χ2v) is 8.44. The maximum atomic E-state index is 11.4. The maximum Gasteiger partial charge on any atom is 0.157 e. The van der Waals surface area contributed by atoms with E-state index in [0.29, 0.717) is 24.1 Å². The SMILES string of the molecule is CC(C)C1CCSC(NC2CCS(=O)(=O)C2)=N1. The average Bonchev–Trinajstić information content (AvgIpc) is 2.58. The molecule has 0 aromatic rings. The molecule has 1 N–H and O–H groups in total. The summed E-state index contributed by atoms with van der Waals surface area (Å²) in [6.45, 7) is 4.36. The van der Waals surface area contributed by atoms with E-state index in [9.17, 15) is 8.42 Å². The molecule has 1 saturated heterocycles. The summed E-state index contributed by atoms with van der Waals surface area (Å²) >= 11 is 1.72. The van der Waals surface area contributed by atoms with Crippen LogP contribution in [-0.2, 0) is 9.84 Å². The van der Waals surface area contributed by atoms with Gasteiger partial charge >= 0.3 is 0 Å². The molecule has 2 rings (SSSR count). The first-order valence-corrected chi connectivity index (χ1v) is 8.94. The summed E-state index contributed by atoms with van der Waals surface area (Å²) in [4.78, 5) is 4.67. The Morgan fingerprint density at radius 1 is 1.41 bits per heavy atom. The van der Waals surface area contributed by atoms with Crippen molar-refractivity contribution in [3.05, 3.63) is 0 Å². The molecule has 0 saturated carbocycles. The summed E-state index contributed by atoms with van der Waals surface area (Å²) in [6, 6.07) is 0.453. The zero-order chi connectivity index (χ0) is 12.5. The summed E-state index contributed by atoms with van der Waals surface area (Å²) in [7, 11) is -2.80. The van der Waals surface area contributed by atoms with Crippen molar-refractivity contribution in [2.45, 2.75) is 38.8 Å². The van der Waals surface area contributed by atoms with Crippen LogP contribution in [0.4, 0.5) is 0 Å². The molecule has 0 amide bonds. The van der Waals surface area contributed by atoms with Crippen molar-refractivity contribution >= 4 is 26.8 Å². The van der Waals surface area contributed by atoms with E-state index in [1.165, 1.54) is 0 Å². The van der Waals surface area contributed by atoms with Gasteiger partial charge in [0.2, 0.25) is 0 Å². The van der Waals surface area contributed by atoms with Crippen molar-refractivity contribution in [1.29, 1.82) is 0 Å². The van der Waals surface area contributed by atoms with Gasteiger partial charge in [0.25, 0.3) is 0 Å². The van der Waals surface area contributed by atoms with Gasteiger partial charge < -0.3 is 5.32 Å². The summed E-state index contributed by atoms with van der Waals surface area (Å²) in [5, 5.41) is 4.23. The number of nitrogens with zero attached hydrogens (tertiary/aromatic N) is 1. The molecule has 6 heteroatoms. The van der Waals surface area contributed by atoms with E-state index in [1.54, 1.807) is 11.8 Å². The van der Waals surface area contributed by atoms with E-state index in [1.807, 2.05) is 0 Å². The zero-order valence-corrected chi connectivity index (χ0v) is 12.0. The molecule has 2 aliphatic heterocycles. The smallest absolute Gasteiger partial charge is 0.157 e. The molecule has 0 radical (unpaired) electrons. The Balaban J connectivity index is 1.95. The molecule has 1 fully saturated rings. The normalized spacial score (nSPS) is 32.5. The third kappa shape index (κ3) is 3.61. The van der Waals surface area contributed by atoms with Gasteiger partial charge in [0, 0.05) is 11.8 Å². The molecule has 2 heterocycles. The second-order valence-electron chi connectivity index (χ2n) is 5.13. The Morgan fingerprint density at radius 2 is 2.18 bits per heavy atom. The number of rotatable bonds is 2. The fourth-order valence-corrected chi connectivity index (χ4v) is 4.86. The first-order chi connectivity index (χ1) is 7.96. The lowest BCUT2D eigenvalue weighted by molar-refractivity contribution is 0.481. The topological polar surface area (TPSA) is 58.5 Å². The van der Waals surface area contributed by atoms with Gasteiger partial charge in [-0.3, -0.25) is 4.99 Å². The molecule has 0 aromatic heterocycles. The summed E-state index contributed by atoms with van der Waals surface area (Å²) in [5.74, 6) is 2.21. The molecule has 4 nitrogen and oxygen atoms in total. The molecule has 0 spiro atoms. The number of aliphatic imine (C=N–C) groups is 1. The number of nitrogens with one attached hydrogen (secondary N) is 1. The van der Waals surface area contributed by atoms with E-state index < -0.39 is 9.84 Å². The number of sulfone groups is 1. The van der Waals surface area contributed by atoms with Crippen LogP contribution < -0.4 is 5.32 Å². The quantitative estimate of drug-likeness (QED) is 0.825. The van der Waals surface area contributed by atoms with Gasteiger partial charge in [-0.05, 0) is 18.8 Å². The fraction of sp³-hybridized carbons (Fsp3) is 0.909. The van der Waals surface area contributed by atoms with Crippen LogP contribution in [0.25, 0.3) is 0 Å². The van der Waals surface area contributed by atoms with Crippen molar-refractivity contribution < 1.29 is 8.42 Å². The molecule has 2 unspecified atom stereocenters. The van der Waals surface area contributed by atoms with Crippen LogP contribution in [0.3, 0.4) is 0 Å². The van der Waals surface area contributed by atoms with E-state index in [2.05, 4.69) is 24.2 Å². The maximum absolute atomic E-state index is 11.4. The molecular formula is C11H20N2O2S2. The van der Waals surface area contributed by atoms with Crippen LogP contribution in [0.1, 0.15) is 26.7 Å². The average molecular weight is 276 g/mol. The third-order valence-corrected chi connectivity index (χ3v) is 5.97. The Labute approximate surface area is 108 Å². The largest absolute Gasteiger partial charge is 0.361 e. The van der Waals surface area contributed by atoms with Crippen LogP contribution in [0.2, 0.25) is 0 Å². The summed E-state index contributed by atoms with van der Waals surface area (Å²) in [6.07, 6.45) is 1.84. The Kier molecular flexibility index (Phi) is 4.02. The lowest BCUT2D eigenvalue weighted by atomic mass is 10.0. The van der Waals surface area contributed by atoms with Crippen LogP contribution in [0, 0.1) is 5.92 Å². The number of thioether (sulfide) groups is 1. The molecule has 0 bridgehead atoms. The predicted octanol–water partition coefficient (Wildman–Crippen LogP) is 1.28. The van der Waals surface area contributed by atoms with E-state index in [-0.39, 0.29) is 11.8 Å². The van der Waals surface area contributed by atoms with E-state index in [4.69, 9.17) is 0 Å². The number of hydrogen-bond acceptors (Lipinski definition) is 5. The van der Waals surface area contributed by atoms with E-state index in [0.717, 1.165) is 17.3 Å². The fourth-order valence-electron chi connectivity index (χ4n) is 2.17. The van der Waals surface area contributed by atoms with Gasteiger partial charge in [0.15, 0.2) is 15.0 Å². The van der Waals surface area contributed by atoms with Crippen molar-refractivity contribution in [2.24, 2.45) is 10.9 Å². The molecule has 98 valence electrons. The minimum atomic E-state index is -2.80. The highest BCUT2D eigenvalue weighted by Gasteiger charge is 2.29. The highest BCUT2D eigenvalue weighted by Crippen LogP contribution is 2.22. The highest BCUT2D eigenvalue weighted by molar-refractivity contribution is 8.13. The first-order valence-electron chi connectivity index (χ1n) is 6.14. The molecule has 2 aliphatic rings. The monoisotopic (exact) mass is 276 g/mol. The standard InChI is InChI=1S/C11H20N2O2S2/c1-8(2)10-3-5-16-11(13-10)12-9-4-6-17(14,15)7-9/h8-10H,3-7H2,1-2H3,(H,12,13). The van der Waals surface area contributed by atoms with Crippen molar-refractivity contribution in [3.63, 3.8) is 0 Å². The Morgan fingerprint density at radius 3 is 2.76 bits per heavy atom. The summed E-state index contributed by atoms with van der Waals surface area (Å²) < 4.78 is 22.7. The van der Waals surface area contributed by atoms with Gasteiger partial charge in [-0.1, -0.05) is 25.6 Å². The predicted molar refractivity (Wildman–Crippen MR) is 73.3 cm³/mol. The van der Waals surface area contributed by atoms with Gasteiger partial charge in [-0.25, -0.2) is 8.42 Å². The van der Waals surface area contributed by atoms with E-state index >= 15 is 0 Å². The highest BCUT2D eigenvalue weighted by atomic mass is 32.2. The Hall–Kier alpha value is -0.230. The molecule has 0 aromatic carbocycles. The van der Waals surface area contributed by atoms with Crippen molar-refractivity contribution in [3.8, 4) is 0 Å². The number of amidine groups is 1. The zero-order valence-electron chi connectivity index (χ0n) is 10.3. The molecule has 17 heavy (non-hydrogen) atoms. The Bertz CT molecular complexity index is 404. The van der Waals surface area contributed by atoms with Gasteiger partial charge in [0.1, 0.15) is 0 Å². The van der Waals surface area contributed by atoms with Crippen LogP contribution >= 0.6 is 11.8 Å². The van der Waals surface area contributed by atoms with Crippen molar-refractivity contribution in [2.75, 3.05) is 17.3 Å². The van der Waals surface area contributed by atoms with Gasteiger partial charge in [0.05, 0.1) is 17.5 Å².